The summed E-state index contributed by atoms with van der Waals surface area (Å²) >= 11 is 3.24. The van der Waals surface area contributed by atoms with Gasteiger partial charge < -0.3 is 15.2 Å². The van der Waals surface area contributed by atoms with Gasteiger partial charge in [-0.3, -0.25) is 9.59 Å². The van der Waals surface area contributed by atoms with E-state index in [4.69, 9.17) is 4.74 Å². The van der Waals surface area contributed by atoms with Gasteiger partial charge in [-0.15, -0.1) is 0 Å². The summed E-state index contributed by atoms with van der Waals surface area (Å²) in [5, 5.41) is 11.6. The summed E-state index contributed by atoms with van der Waals surface area (Å²) in [6.07, 6.45) is -0.0338. The summed E-state index contributed by atoms with van der Waals surface area (Å²) in [5.74, 6) is -2.81. The monoisotopic (exact) mass is 371 g/mol. The molecule has 0 aliphatic heterocycles. The molecule has 0 radical (unpaired) electrons. The fourth-order valence-electron chi connectivity index (χ4n) is 1.83. The molecule has 1 aromatic carbocycles. The summed E-state index contributed by atoms with van der Waals surface area (Å²) in [7, 11) is 0. The van der Waals surface area contributed by atoms with Crippen molar-refractivity contribution in [3.63, 3.8) is 0 Å². The molecule has 1 rings (SSSR count). The van der Waals surface area contributed by atoms with E-state index in [9.17, 15) is 19.5 Å². The third kappa shape index (κ3) is 5.48. The van der Waals surface area contributed by atoms with E-state index < -0.39 is 29.8 Å². The van der Waals surface area contributed by atoms with Gasteiger partial charge in [0, 0.05) is 10.0 Å². The molecule has 0 aromatic heterocycles. The smallest absolute Gasteiger partial charge is 0.326 e. The van der Waals surface area contributed by atoms with Crippen molar-refractivity contribution in [3.8, 4) is 0 Å². The molecule has 1 aromatic rings. The standard InChI is InChI=1S/C15H18BrNO5/c1-3-22-15(21)9(2)7-12(14(19)20)17-13(18)10-5-4-6-11(16)8-10/h4-6,8-9,12H,3,7H2,1-2H3,(H,17,18)(H,19,20)/t9-,12+/m1/s1. The highest BCUT2D eigenvalue weighted by molar-refractivity contribution is 9.10. The van der Waals surface area contributed by atoms with Crippen LogP contribution in [0.3, 0.4) is 0 Å². The first-order valence-electron chi connectivity index (χ1n) is 6.81. The van der Waals surface area contributed by atoms with Crippen molar-refractivity contribution in [2.75, 3.05) is 6.61 Å². The van der Waals surface area contributed by atoms with E-state index in [1.807, 2.05) is 0 Å². The Kier molecular flexibility index (Phi) is 7.04. The number of carboxylic acids is 1. The number of carbonyl (C=O) groups excluding carboxylic acids is 2. The predicted octanol–water partition coefficient (Wildman–Crippen LogP) is 2.22. The summed E-state index contributed by atoms with van der Waals surface area (Å²) in [6.45, 7) is 3.47. The second kappa shape index (κ2) is 8.53. The number of ether oxygens (including phenoxy) is 1. The molecule has 0 aliphatic carbocycles. The van der Waals surface area contributed by atoms with Crippen molar-refractivity contribution in [3.05, 3.63) is 34.3 Å². The number of hydrogen-bond donors (Lipinski definition) is 2. The quantitative estimate of drug-likeness (QED) is 0.716. The van der Waals surface area contributed by atoms with Crippen molar-refractivity contribution >= 4 is 33.8 Å². The van der Waals surface area contributed by atoms with Crippen molar-refractivity contribution < 1.29 is 24.2 Å². The van der Waals surface area contributed by atoms with Crippen LogP contribution >= 0.6 is 15.9 Å². The van der Waals surface area contributed by atoms with Gasteiger partial charge in [0.15, 0.2) is 0 Å². The van der Waals surface area contributed by atoms with Gasteiger partial charge in [0.1, 0.15) is 6.04 Å². The number of benzene rings is 1. The lowest BCUT2D eigenvalue weighted by Crippen LogP contribution is -2.42. The topological polar surface area (TPSA) is 92.7 Å². The van der Waals surface area contributed by atoms with Gasteiger partial charge in [-0.05, 0) is 31.5 Å². The fourth-order valence-corrected chi connectivity index (χ4v) is 2.23. The minimum absolute atomic E-state index is 0.0338. The number of hydrogen-bond acceptors (Lipinski definition) is 4. The summed E-state index contributed by atoms with van der Waals surface area (Å²) in [4.78, 5) is 34.9. The molecule has 6 nitrogen and oxygen atoms in total. The van der Waals surface area contributed by atoms with E-state index in [0.29, 0.717) is 10.0 Å². The number of carboxylic acid groups (broad SMARTS) is 1. The number of amides is 1. The summed E-state index contributed by atoms with van der Waals surface area (Å²) < 4.78 is 5.55. The molecule has 0 aliphatic rings. The van der Waals surface area contributed by atoms with Gasteiger partial charge >= 0.3 is 11.9 Å². The Balaban J connectivity index is 2.74. The van der Waals surface area contributed by atoms with Crippen LogP contribution in [0.25, 0.3) is 0 Å². The second-order valence-electron chi connectivity index (χ2n) is 4.76. The molecule has 0 bridgehead atoms. The zero-order valence-electron chi connectivity index (χ0n) is 12.3. The first-order valence-corrected chi connectivity index (χ1v) is 7.60. The minimum atomic E-state index is -1.19. The average Bonchev–Trinajstić information content (AvgIpc) is 2.46. The molecule has 120 valence electrons. The zero-order chi connectivity index (χ0) is 16.7. The minimum Gasteiger partial charge on any atom is -0.480 e. The molecule has 0 heterocycles. The molecule has 1 amide bonds. The molecule has 0 saturated heterocycles. The molecule has 22 heavy (non-hydrogen) atoms. The lowest BCUT2D eigenvalue weighted by atomic mass is 10.0. The van der Waals surface area contributed by atoms with Gasteiger partial charge in [-0.1, -0.05) is 28.9 Å². The van der Waals surface area contributed by atoms with Crippen LogP contribution < -0.4 is 5.32 Å². The van der Waals surface area contributed by atoms with Crippen LogP contribution in [-0.2, 0) is 14.3 Å². The van der Waals surface area contributed by atoms with Crippen LogP contribution in [0.15, 0.2) is 28.7 Å². The van der Waals surface area contributed by atoms with Gasteiger partial charge in [-0.25, -0.2) is 4.79 Å². The van der Waals surface area contributed by atoms with Gasteiger partial charge in [0.2, 0.25) is 0 Å². The first-order chi connectivity index (χ1) is 10.3. The molecule has 0 fully saturated rings. The fraction of sp³-hybridized carbons (Fsp3) is 0.400. The highest BCUT2D eigenvalue weighted by Gasteiger charge is 2.26. The highest BCUT2D eigenvalue weighted by atomic mass is 79.9. The Hall–Kier alpha value is -1.89. The van der Waals surface area contributed by atoms with Crippen LogP contribution in [0.1, 0.15) is 30.6 Å². The van der Waals surface area contributed by atoms with Gasteiger partial charge in [0.25, 0.3) is 5.91 Å². The average molecular weight is 372 g/mol. The first kappa shape index (κ1) is 18.2. The van der Waals surface area contributed by atoms with Crippen molar-refractivity contribution in [1.29, 1.82) is 0 Å². The van der Waals surface area contributed by atoms with E-state index >= 15 is 0 Å². The number of rotatable bonds is 7. The number of aliphatic carboxylic acids is 1. The number of esters is 1. The van der Waals surface area contributed by atoms with Gasteiger partial charge in [-0.2, -0.15) is 0 Å². The van der Waals surface area contributed by atoms with E-state index in [0.717, 1.165) is 0 Å². The summed E-state index contributed by atoms with van der Waals surface area (Å²) in [5.41, 5.74) is 0.337. The highest BCUT2D eigenvalue weighted by Crippen LogP contribution is 2.13. The number of carbonyl (C=O) groups is 3. The Morgan fingerprint density at radius 2 is 2.05 bits per heavy atom. The van der Waals surface area contributed by atoms with Crippen LogP contribution in [0.2, 0.25) is 0 Å². The molecular formula is C15H18BrNO5. The third-order valence-electron chi connectivity index (χ3n) is 2.97. The van der Waals surface area contributed by atoms with E-state index in [1.54, 1.807) is 38.1 Å². The van der Waals surface area contributed by atoms with Crippen LogP contribution in [0.4, 0.5) is 0 Å². The third-order valence-corrected chi connectivity index (χ3v) is 3.46. The lowest BCUT2D eigenvalue weighted by molar-refractivity contribution is -0.148. The molecule has 0 saturated carbocycles. The zero-order valence-corrected chi connectivity index (χ0v) is 13.9. The van der Waals surface area contributed by atoms with Crippen molar-refractivity contribution in [2.24, 2.45) is 5.92 Å². The maximum atomic E-state index is 12.1. The molecule has 7 heteroatoms. The number of nitrogens with one attached hydrogen (secondary N) is 1. The van der Waals surface area contributed by atoms with E-state index in [2.05, 4.69) is 21.2 Å². The molecule has 0 spiro atoms. The van der Waals surface area contributed by atoms with Crippen LogP contribution in [0.5, 0.6) is 0 Å². The second-order valence-corrected chi connectivity index (χ2v) is 5.68. The number of halogens is 1. The Morgan fingerprint density at radius 1 is 1.36 bits per heavy atom. The molecule has 0 unspecified atom stereocenters. The summed E-state index contributed by atoms with van der Waals surface area (Å²) in [6, 6.07) is 5.44. The maximum absolute atomic E-state index is 12.1. The Morgan fingerprint density at radius 3 is 2.59 bits per heavy atom. The molecule has 2 atom stereocenters. The lowest BCUT2D eigenvalue weighted by Gasteiger charge is -2.18. The Labute approximate surface area is 137 Å². The normalized spacial score (nSPS) is 13.0. The van der Waals surface area contributed by atoms with Crippen molar-refractivity contribution in [2.45, 2.75) is 26.3 Å². The van der Waals surface area contributed by atoms with Crippen LogP contribution in [-0.4, -0.2) is 35.6 Å². The van der Waals surface area contributed by atoms with Crippen LogP contribution in [0, 0.1) is 5.92 Å². The Bertz CT molecular complexity index is 561. The SMILES string of the molecule is CCOC(=O)[C@H](C)C[C@H](NC(=O)c1cccc(Br)c1)C(=O)O. The molecule has 2 N–H and O–H groups in total. The van der Waals surface area contributed by atoms with E-state index in [1.165, 1.54) is 0 Å². The molecular weight excluding hydrogens is 354 g/mol. The van der Waals surface area contributed by atoms with Crippen molar-refractivity contribution in [1.82, 2.24) is 5.32 Å². The van der Waals surface area contributed by atoms with Gasteiger partial charge in [0.05, 0.1) is 12.5 Å². The maximum Gasteiger partial charge on any atom is 0.326 e. The largest absolute Gasteiger partial charge is 0.480 e. The van der Waals surface area contributed by atoms with E-state index in [-0.39, 0.29) is 13.0 Å². The predicted molar refractivity (Wildman–Crippen MR) is 83.4 cm³/mol.